The molecule has 0 unspecified atom stereocenters. The standard InChI is InChI=1S/C14H25N3O2S/c1-5-10-15-20(18,19)16-14-9-8-13(11-12(14)4)17(6-2)7-3/h8-9,11,15-16H,5-7,10H2,1-4H3. The summed E-state index contributed by atoms with van der Waals surface area (Å²) in [5, 5.41) is 0. The fraction of sp³-hybridized carbons (Fsp3) is 0.571. The largest absolute Gasteiger partial charge is 0.372 e. The molecule has 0 aliphatic heterocycles. The van der Waals surface area contributed by atoms with Crippen LogP contribution >= 0.6 is 0 Å². The first-order valence-electron chi connectivity index (χ1n) is 7.06. The highest BCUT2D eigenvalue weighted by atomic mass is 32.2. The highest BCUT2D eigenvalue weighted by Gasteiger charge is 2.11. The first kappa shape index (κ1) is 16.8. The van der Waals surface area contributed by atoms with Crippen LogP contribution in [0.2, 0.25) is 0 Å². The zero-order valence-corrected chi connectivity index (χ0v) is 13.5. The van der Waals surface area contributed by atoms with Crippen molar-refractivity contribution in [1.29, 1.82) is 0 Å². The number of rotatable bonds is 8. The molecule has 0 atom stereocenters. The van der Waals surface area contributed by atoms with E-state index in [2.05, 4.69) is 28.2 Å². The molecule has 0 saturated heterocycles. The number of nitrogens with zero attached hydrogens (tertiary/aromatic N) is 1. The van der Waals surface area contributed by atoms with Crippen molar-refractivity contribution in [2.45, 2.75) is 34.1 Å². The molecule has 1 aromatic rings. The molecule has 0 bridgehead atoms. The zero-order valence-electron chi connectivity index (χ0n) is 12.7. The Morgan fingerprint density at radius 2 is 1.80 bits per heavy atom. The average molecular weight is 299 g/mol. The van der Waals surface area contributed by atoms with Crippen molar-refractivity contribution in [1.82, 2.24) is 4.72 Å². The van der Waals surface area contributed by atoms with Crippen LogP contribution in [0.4, 0.5) is 11.4 Å². The molecule has 0 saturated carbocycles. The second kappa shape index (κ2) is 7.50. The van der Waals surface area contributed by atoms with Crippen LogP contribution in [0.5, 0.6) is 0 Å². The number of hydrogen-bond donors (Lipinski definition) is 2. The van der Waals surface area contributed by atoms with Crippen LogP contribution in [0.25, 0.3) is 0 Å². The highest BCUT2D eigenvalue weighted by Crippen LogP contribution is 2.23. The third-order valence-electron chi connectivity index (χ3n) is 3.12. The fourth-order valence-electron chi connectivity index (χ4n) is 1.97. The zero-order chi connectivity index (χ0) is 15.2. The van der Waals surface area contributed by atoms with Crippen LogP contribution in [0, 0.1) is 6.92 Å². The molecule has 6 heteroatoms. The molecule has 0 radical (unpaired) electrons. The van der Waals surface area contributed by atoms with E-state index in [-0.39, 0.29) is 0 Å². The monoisotopic (exact) mass is 299 g/mol. The number of anilines is 2. The molecule has 1 aromatic carbocycles. The third kappa shape index (κ3) is 4.68. The molecular formula is C14H25N3O2S. The summed E-state index contributed by atoms with van der Waals surface area (Å²) in [6.45, 7) is 10.3. The van der Waals surface area contributed by atoms with Crippen LogP contribution in [0.15, 0.2) is 18.2 Å². The van der Waals surface area contributed by atoms with Gasteiger partial charge in [-0.1, -0.05) is 6.92 Å². The van der Waals surface area contributed by atoms with Gasteiger partial charge < -0.3 is 4.90 Å². The van der Waals surface area contributed by atoms with Gasteiger partial charge in [-0.3, -0.25) is 4.72 Å². The molecule has 0 amide bonds. The lowest BCUT2D eigenvalue weighted by atomic mass is 10.1. The van der Waals surface area contributed by atoms with E-state index in [4.69, 9.17) is 0 Å². The molecule has 0 aliphatic carbocycles. The van der Waals surface area contributed by atoms with Gasteiger partial charge in [-0.25, -0.2) is 0 Å². The Morgan fingerprint density at radius 3 is 2.30 bits per heavy atom. The van der Waals surface area contributed by atoms with Gasteiger partial charge in [-0.15, -0.1) is 0 Å². The predicted octanol–water partition coefficient (Wildman–Crippen LogP) is 2.50. The van der Waals surface area contributed by atoms with Gasteiger partial charge in [0.2, 0.25) is 0 Å². The van der Waals surface area contributed by atoms with Gasteiger partial charge in [0.05, 0.1) is 5.69 Å². The van der Waals surface area contributed by atoms with Crippen molar-refractivity contribution in [2.24, 2.45) is 0 Å². The Balaban J connectivity index is 2.88. The summed E-state index contributed by atoms with van der Waals surface area (Å²) < 4.78 is 28.7. The molecule has 2 N–H and O–H groups in total. The van der Waals surface area contributed by atoms with E-state index >= 15 is 0 Å². The molecule has 0 heterocycles. The number of aryl methyl sites for hydroxylation is 1. The minimum absolute atomic E-state index is 0.436. The molecule has 0 aromatic heterocycles. The minimum Gasteiger partial charge on any atom is -0.372 e. The predicted molar refractivity (Wildman–Crippen MR) is 85.6 cm³/mol. The van der Waals surface area contributed by atoms with Crippen molar-refractivity contribution in [3.63, 3.8) is 0 Å². The van der Waals surface area contributed by atoms with Crippen LogP contribution in [0.3, 0.4) is 0 Å². The summed E-state index contributed by atoms with van der Waals surface area (Å²) in [5.41, 5.74) is 2.64. The number of hydrogen-bond acceptors (Lipinski definition) is 3. The molecule has 20 heavy (non-hydrogen) atoms. The lowest BCUT2D eigenvalue weighted by Crippen LogP contribution is -2.31. The molecule has 0 spiro atoms. The van der Waals surface area contributed by atoms with Gasteiger partial charge in [0.15, 0.2) is 0 Å². The maximum atomic E-state index is 11.8. The van der Waals surface area contributed by atoms with E-state index in [1.165, 1.54) is 0 Å². The summed E-state index contributed by atoms with van der Waals surface area (Å²) in [7, 11) is -3.48. The first-order chi connectivity index (χ1) is 9.43. The average Bonchev–Trinajstić information content (AvgIpc) is 2.41. The fourth-order valence-corrected chi connectivity index (χ4v) is 3.03. The van der Waals surface area contributed by atoms with Gasteiger partial charge in [-0.2, -0.15) is 13.1 Å². The first-order valence-corrected chi connectivity index (χ1v) is 8.54. The van der Waals surface area contributed by atoms with E-state index in [0.717, 1.165) is 30.8 Å². The smallest absolute Gasteiger partial charge is 0.299 e. The maximum Gasteiger partial charge on any atom is 0.299 e. The van der Waals surface area contributed by atoms with Crippen LogP contribution in [-0.2, 0) is 10.2 Å². The van der Waals surface area contributed by atoms with Crippen molar-refractivity contribution in [2.75, 3.05) is 29.3 Å². The Morgan fingerprint density at radius 1 is 1.15 bits per heavy atom. The van der Waals surface area contributed by atoms with Crippen molar-refractivity contribution in [3.8, 4) is 0 Å². The molecule has 0 fully saturated rings. The summed E-state index contributed by atoms with van der Waals surface area (Å²) in [5.74, 6) is 0. The van der Waals surface area contributed by atoms with E-state index in [9.17, 15) is 8.42 Å². The van der Waals surface area contributed by atoms with Gasteiger partial charge >= 0.3 is 0 Å². The summed E-state index contributed by atoms with van der Waals surface area (Å²) >= 11 is 0. The van der Waals surface area contributed by atoms with Crippen LogP contribution < -0.4 is 14.3 Å². The van der Waals surface area contributed by atoms with Gasteiger partial charge in [0.25, 0.3) is 10.2 Å². The second-order valence-corrected chi connectivity index (χ2v) is 6.17. The third-order valence-corrected chi connectivity index (χ3v) is 4.20. The molecule has 1 rings (SSSR count). The van der Waals surface area contributed by atoms with Crippen LogP contribution in [0.1, 0.15) is 32.8 Å². The highest BCUT2D eigenvalue weighted by molar-refractivity contribution is 7.90. The molecular weight excluding hydrogens is 274 g/mol. The van der Waals surface area contributed by atoms with Crippen LogP contribution in [-0.4, -0.2) is 28.1 Å². The molecule has 0 aliphatic rings. The van der Waals surface area contributed by atoms with E-state index < -0.39 is 10.2 Å². The lowest BCUT2D eigenvalue weighted by molar-refractivity contribution is 0.586. The SMILES string of the molecule is CCCNS(=O)(=O)Nc1ccc(N(CC)CC)cc1C. The topological polar surface area (TPSA) is 61.4 Å². The normalized spacial score (nSPS) is 11.4. The van der Waals surface area contributed by atoms with Gasteiger partial charge in [0, 0.05) is 25.3 Å². The summed E-state index contributed by atoms with van der Waals surface area (Å²) in [6.07, 6.45) is 0.765. The van der Waals surface area contributed by atoms with E-state index in [1.807, 2.05) is 32.0 Å². The Hall–Kier alpha value is -1.27. The number of benzene rings is 1. The second-order valence-electron chi connectivity index (χ2n) is 4.67. The molecule has 5 nitrogen and oxygen atoms in total. The Kier molecular flexibility index (Phi) is 6.29. The maximum absolute atomic E-state index is 11.8. The number of nitrogens with one attached hydrogen (secondary N) is 2. The lowest BCUT2D eigenvalue weighted by Gasteiger charge is -2.22. The van der Waals surface area contributed by atoms with Gasteiger partial charge in [-0.05, 0) is 51.0 Å². The van der Waals surface area contributed by atoms with E-state index in [1.54, 1.807) is 0 Å². The summed E-state index contributed by atoms with van der Waals surface area (Å²) in [4.78, 5) is 2.22. The van der Waals surface area contributed by atoms with Crippen molar-refractivity contribution in [3.05, 3.63) is 23.8 Å². The molecule has 114 valence electrons. The Bertz CT molecular complexity index is 525. The minimum atomic E-state index is -3.48. The van der Waals surface area contributed by atoms with E-state index in [0.29, 0.717) is 12.2 Å². The Labute approximate surface area is 122 Å². The quantitative estimate of drug-likeness (QED) is 0.775. The van der Waals surface area contributed by atoms with Crippen molar-refractivity contribution < 1.29 is 8.42 Å². The van der Waals surface area contributed by atoms with Crippen molar-refractivity contribution >= 4 is 21.6 Å². The van der Waals surface area contributed by atoms with Gasteiger partial charge in [0.1, 0.15) is 0 Å². The summed E-state index contributed by atoms with van der Waals surface area (Å²) in [6, 6.07) is 5.76.